The lowest BCUT2D eigenvalue weighted by Crippen LogP contribution is -2.70. The SMILES string of the molecule is C/C=C/CN1CC2(CN(C)C2)C1. The minimum Gasteiger partial charge on any atom is -0.305 e. The highest BCUT2D eigenvalue weighted by Crippen LogP contribution is 2.38. The van der Waals surface area contributed by atoms with Crippen LogP contribution in [0, 0.1) is 5.41 Å². The lowest BCUT2D eigenvalue weighted by molar-refractivity contribution is -0.0990. The van der Waals surface area contributed by atoms with Crippen LogP contribution in [-0.4, -0.2) is 49.6 Å². The number of hydrogen-bond donors (Lipinski definition) is 0. The van der Waals surface area contributed by atoms with Gasteiger partial charge in [-0.05, 0) is 14.0 Å². The van der Waals surface area contributed by atoms with Crippen molar-refractivity contribution in [2.24, 2.45) is 5.41 Å². The van der Waals surface area contributed by atoms with Gasteiger partial charge in [0.2, 0.25) is 0 Å². The molecule has 2 aliphatic rings. The van der Waals surface area contributed by atoms with Gasteiger partial charge in [0.25, 0.3) is 0 Å². The van der Waals surface area contributed by atoms with Crippen LogP contribution >= 0.6 is 0 Å². The quantitative estimate of drug-likeness (QED) is 0.560. The van der Waals surface area contributed by atoms with E-state index in [1.54, 1.807) is 0 Å². The molecule has 0 amide bonds. The maximum absolute atomic E-state index is 2.52. The molecule has 1 spiro atoms. The first kappa shape index (κ1) is 8.27. The molecular weight excluding hydrogens is 148 g/mol. The van der Waals surface area contributed by atoms with E-state index in [0.717, 1.165) is 6.54 Å². The summed E-state index contributed by atoms with van der Waals surface area (Å²) in [6.45, 7) is 8.52. The van der Waals surface area contributed by atoms with Gasteiger partial charge in [-0.25, -0.2) is 0 Å². The molecule has 2 aliphatic heterocycles. The van der Waals surface area contributed by atoms with Gasteiger partial charge in [0.05, 0.1) is 0 Å². The Labute approximate surface area is 74.8 Å². The highest BCUT2D eigenvalue weighted by Gasteiger charge is 2.49. The summed E-state index contributed by atoms with van der Waals surface area (Å²) in [4.78, 5) is 4.93. The third-order valence-electron chi connectivity index (χ3n) is 2.93. The fraction of sp³-hybridized carbons (Fsp3) is 0.800. The molecule has 0 atom stereocenters. The predicted molar refractivity (Wildman–Crippen MR) is 51.2 cm³/mol. The summed E-state index contributed by atoms with van der Waals surface area (Å²) < 4.78 is 0. The second-order valence-corrected chi connectivity index (χ2v) is 4.41. The standard InChI is InChI=1S/C10H18N2/c1-3-4-5-12-8-10(9-12)6-11(2)7-10/h3-4H,5-9H2,1-2H3/b4-3+. The predicted octanol–water partition coefficient (Wildman–Crippen LogP) is 0.810. The Morgan fingerprint density at radius 2 is 1.92 bits per heavy atom. The zero-order chi connectivity index (χ0) is 8.60. The van der Waals surface area contributed by atoms with Crippen LogP contribution in [0.4, 0.5) is 0 Å². The molecule has 0 aromatic rings. The van der Waals surface area contributed by atoms with Crippen LogP contribution in [0.5, 0.6) is 0 Å². The lowest BCUT2D eigenvalue weighted by Gasteiger charge is -2.59. The van der Waals surface area contributed by atoms with E-state index in [9.17, 15) is 0 Å². The molecule has 0 aromatic heterocycles. The molecule has 0 N–H and O–H groups in total. The number of nitrogens with zero attached hydrogens (tertiary/aromatic N) is 2. The molecule has 0 aromatic carbocycles. The maximum Gasteiger partial charge on any atom is 0.0212 e. The maximum atomic E-state index is 2.52. The first-order valence-corrected chi connectivity index (χ1v) is 4.76. The van der Waals surface area contributed by atoms with E-state index in [4.69, 9.17) is 0 Å². The van der Waals surface area contributed by atoms with Crippen molar-refractivity contribution in [3.8, 4) is 0 Å². The summed E-state index contributed by atoms with van der Waals surface area (Å²) in [6, 6.07) is 0. The summed E-state index contributed by atoms with van der Waals surface area (Å²) in [5.41, 5.74) is 0.705. The molecule has 12 heavy (non-hydrogen) atoms. The van der Waals surface area contributed by atoms with Gasteiger partial charge >= 0.3 is 0 Å². The van der Waals surface area contributed by atoms with Gasteiger partial charge in [-0.3, -0.25) is 4.90 Å². The van der Waals surface area contributed by atoms with Crippen molar-refractivity contribution in [2.45, 2.75) is 6.92 Å². The molecule has 0 aliphatic carbocycles. The van der Waals surface area contributed by atoms with E-state index < -0.39 is 0 Å². The zero-order valence-electron chi connectivity index (χ0n) is 8.08. The average Bonchev–Trinajstić information content (AvgIpc) is 1.91. The molecule has 0 unspecified atom stereocenters. The largest absolute Gasteiger partial charge is 0.305 e. The van der Waals surface area contributed by atoms with Crippen LogP contribution in [-0.2, 0) is 0 Å². The Morgan fingerprint density at radius 1 is 1.25 bits per heavy atom. The first-order chi connectivity index (χ1) is 5.74. The normalized spacial score (nSPS) is 29.2. The van der Waals surface area contributed by atoms with Crippen LogP contribution in [0.25, 0.3) is 0 Å². The monoisotopic (exact) mass is 166 g/mol. The first-order valence-electron chi connectivity index (χ1n) is 4.76. The van der Waals surface area contributed by atoms with Crippen molar-refractivity contribution in [3.05, 3.63) is 12.2 Å². The Hall–Kier alpha value is -0.340. The molecule has 2 heterocycles. The summed E-state index contributed by atoms with van der Waals surface area (Å²) >= 11 is 0. The topological polar surface area (TPSA) is 6.48 Å². The minimum absolute atomic E-state index is 0.705. The summed E-state index contributed by atoms with van der Waals surface area (Å²) in [6.07, 6.45) is 4.38. The number of hydrogen-bond acceptors (Lipinski definition) is 2. The van der Waals surface area contributed by atoms with Crippen LogP contribution in [0.1, 0.15) is 6.92 Å². The van der Waals surface area contributed by atoms with Crippen LogP contribution < -0.4 is 0 Å². The molecule has 0 radical (unpaired) electrons. The lowest BCUT2D eigenvalue weighted by atomic mass is 9.73. The van der Waals surface area contributed by atoms with E-state index in [1.807, 2.05) is 0 Å². The van der Waals surface area contributed by atoms with Gasteiger partial charge in [-0.1, -0.05) is 12.2 Å². The number of rotatable bonds is 2. The number of allylic oxidation sites excluding steroid dienone is 1. The number of likely N-dealkylation sites (tertiary alicyclic amines) is 2. The Balaban J connectivity index is 1.70. The summed E-state index contributed by atoms with van der Waals surface area (Å²) in [5.74, 6) is 0. The molecule has 68 valence electrons. The second-order valence-electron chi connectivity index (χ2n) is 4.41. The minimum atomic E-state index is 0.705. The Morgan fingerprint density at radius 3 is 2.42 bits per heavy atom. The van der Waals surface area contributed by atoms with Crippen LogP contribution in [0.2, 0.25) is 0 Å². The highest BCUT2D eigenvalue weighted by molar-refractivity contribution is 5.05. The van der Waals surface area contributed by atoms with Crippen molar-refractivity contribution in [1.29, 1.82) is 0 Å². The second kappa shape index (κ2) is 2.86. The van der Waals surface area contributed by atoms with Crippen molar-refractivity contribution < 1.29 is 0 Å². The Bertz CT molecular complexity index is 184. The molecule has 2 rings (SSSR count). The molecule has 2 fully saturated rings. The Kier molecular flexibility index (Phi) is 1.97. The van der Waals surface area contributed by atoms with Gasteiger partial charge in [-0.2, -0.15) is 0 Å². The average molecular weight is 166 g/mol. The third kappa shape index (κ3) is 1.29. The molecule has 2 nitrogen and oxygen atoms in total. The van der Waals surface area contributed by atoms with E-state index in [0.29, 0.717) is 5.41 Å². The van der Waals surface area contributed by atoms with Gasteiger partial charge in [0, 0.05) is 38.1 Å². The van der Waals surface area contributed by atoms with Crippen molar-refractivity contribution >= 4 is 0 Å². The van der Waals surface area contributed by atoms with Crippen LogP contribution in [0.3, 0.4) is 0 Å². The highest BCUT2D eigenvalue weighted by atomic mass is 15.3. The van der Waals surface area contributed by atoms with Crippen molar-refractivity contribution in [1.82, 2.24) is 9.80 Å². The van der Waals surface area contributed by atoms with Gasteiger partial charge in [0.15, 0.2) is 0 Å². The molecule has 0 saturated carbocycles. The van der Waals surface area contributed by atoms with Crippen LogP contribution in [0.15, 0.2) is 12.2 Å². The van der Waals surface area contributed by atoms with E-state index in [-0.39, 0.29) is 0 Å². The molecule has 0 bridgehead atoms. The molecular formula is C10H18N2. The fourth-order valence-electron chi connectivity index (χ4n) is 2.58. The van der Waals surface area contributed by atoms with Gasteiger partial charge < -0.3 is 4.90 Å². The van der Waals surface area contributed by atoms with Crippen molar-refractivity contribution in [2.75, 3.05) is 39.8 Å². The summed E-state index contributed by atoms with van der Waals surface area (Å²) in [5, 5.41) is 0. The van der Waals surface area contributed by atoms with Crippen molar-refractivity contribution in [3.63, 3.8) is 0 Å². The smallest absolute Gasteiger partial charge is 0.0212 e. The van der Waals surface area contributed by atoms with Gasteiger partial charge in [-0.15, -0.1) is 0 Å². The molecule has 2 saturated heterocycles. The van der Waals surface area contributed by atoms with E-state index in [2.05, 4.69) is 35.9 Å². The fourth-order valence-corrected chi connectivity index (χ4v) is 2.58. The van der Waals surface area contributed by atoms with E-state index in [1.165, 1.54) is 26.2 Å². The zero-order valence-corrected chi connectivity index (χ0v) is 8.08. The van der Waals surface area contributed by atoms with E-state index >= 15 is 0 Å². The summed E-state index contributed by atoms with van der Waals surface area (Å²) in [7, 11) is 2.21. The van der Waals surface area contributed by atoms with Gasteiger partial charge in [0.1, 0.15) is 0 Å². The third-order valence-corrected chi connectivity index (χ3v) is 2.93. The molecule has 2 heteroatoms.